The van der Waals surface area contributed by atoms with E-state index in [-0.39, 0.29) is 5.91 Å². The monoisotopic (exact) mass is 254 g/mol. The Kier molecular flexibility index (Phi) is 2.83. The molecule has 0 aliphatic rings. The molecule has 3 rings (SSSR count). The highest BCUT2D eigenvalue weighted by Crippen LogP contribution is 2.16. The standard InChI is InChI=1S/C15H14N2O2/c1-10-4-5-13-11(7-10)8-12(17-13)9-16-15(18)14-3-2-6-19-14/h2-8,17H,9H2,1H3,(H,16,18). The second kappa shape index (κ2) is 4.65. The third-order valence-corrected chi connectivity index (χ3v) is 3.02. The van der Waals surface area contributed by atoms with Gasteiger partial charge in [-0.15, -0.1) is 0 Å². The Morgan fingerprint density at radius 1 is 1.32 bits per heavy atom. The van der Waals surface area contributed by atoms with E-state index in [4.69, 9.17) is 4.42 Å². The van der Waals surface area contributed by atoms with Crippen molar-refractivity contribution in [3.8, 4) is 0 Å². The number of aromatic amines is 1. The Balaban J connectivity index is 1.73. The second-order valence-corrected chi connectivity index (χ2v) is 4.55. The van der Waals surface area contributed by atoms with E-state index in [0.717, 1.165) is 16.6 Å². The average Bonchev–Trinajstić information content (AvgIpc) is 3.04. The topological polar surface area (TPSA) is 58.0 Å². The van der Waals surface area contributed by atoms with Gasteiger partial charge in [-0.1, -0.05) is 11.6 Å². The van der Waals surface area contributed by atoms with Crippen LogP contribution >= 0.6 is 0 Å². The molecule has 0 aliphatic heterocycles. The van der Waals surface area contributed by atoms with Gasteiger partial charge >= 0.3 is 0 Å². The van der Waals surface area contributed by atoms with Crippen LogP contribution in [0.3, 0.4) is 0 Å². The summed E-state index contributed by atoms with van der Waals surface area (Å²) in [6, 6.07) is 11.6. The normalized spacial score (nSPS) is 10.8. The molecule has 0 saturated heterocycles. The van der Waals surface area contributed by atoms with Crippen molar-refractivity contribution in [2.75, 3.05) is 0 Å². The fourth-order valence-corrected chi connectivity index (χ4v) is 2.08. The molecule has 0 unspecified atom stereocenters. The Labute approximate surface area is 110 Å². The predicted octanol–water partition coefficient (Wildman–Crippen LogP) is 3.00. The van der Waals surface area contributed by atoms with Gasteiger partial charge in [-0.3, -0.25) is 4.79 Å². The van der Waals surface area contributed by atoms with Crippen LogP contribution in [0, 0.1) is 6.92 Å². The van der Waals surface area contributed by atoms with Crippen molar-refractivity contribution in [3.05, 3.63) is 59.7 Å². The summed E-state index contributed by atoms with van der Waals surface area (Å²) in [5.41, 5.74) is 3.27. The summed E-state index contributed by atoms with van der Waals surface area (Å²) in [7, 11) is 0. The lowest BCUT2D eigenvalue weighted by atomic mass is 10.2. The van der Waals surface area contributed by atoms with Crippen molar-refractivity contribution >= 4 is 16.8 Å². The van der Waals surface area contributed by atoms with Crippen LogP contribution in [-0.2, 0) is 6.54 Å². The lowest BCUT2D eigenvalue weighted by molar-refractivity contribution is 0.0922. The Hall–Kier alpha value is -2.49. The molecule has 1 aromatic carbocycles. The largest absolute Gasteiger partial charge is 0.459 e. The van der Waals surface area contributed by atoms with Crippen molar-refractivity contribution in [1.29, 1.82) is 0 Å². The molecule has 2 heterocycles. The summed E-state index contributed by atoms with van der Waals surface area (Å²) in [4.78, 5) is 15.0. The minimum atomic E-state index is -0.208. The van der Waals surface area contributed by atoms with E-state index in [2.05, 4.69) is 29.4 Å². The first-order valence-corrected chi connectivity index (χ1v) is 6.12. The third kappa shape index (κ3) is 2.38. The molecule has 0 bridgehead atoms. The van der Waals surface area contributed by atoms with E-state index in [9.17, 15) is 4.79 Å². The van der Waals surface area contributed by atoms with Crippen molar-refractivity contribution in [2.24, 2.45) is 0 Å². The first-order chi connectivity index (χ1) is 9.22. The lowest BCUT2D eigenvalue weighted by Gasteiger charge is -2.00. The lowest BCUT2D eigenvalue weighted by Crippen LogP contribution is -2.22. The minimum absolute atomic E-state index is 0.208. The number of aryl methyl sites for hydroxylation is 1. The van der Waals surface area contributed by atoms with Crippen LogP contribution < -0.4 is 5.32 Å². The average molecular weight is 254 g/mol. The molecule has 0 fully saturated rings. The maximum absolute atomic E-state index is 11.7. The number of hydrogen-bond donors (Lipinski definition) is 2. The SMILES string of the molecule is Cc1ccc2[nH]c(CNC(=O)c3ccco3)cc2c1. The summed E-state index contributed by atoms with van der Waals surface area (Å²) in [6.45, 7) is 2.51. The van der Waals surface area contributed by atoms with E-state index in [1.165, 1.54) is 11.8 Å². The molecule has 3 aromatic rings. The van der Waals surface area contributed by atoms with Gasteiger partial charge < -0.3 is 14.7 Å². The number of amides is 1. The summed E-state index contributed by atoms with van der Waals surface area (Å²) < 4.78 is 5.04. The van der Waals surface area contributed by atoms with Gasteiger partial charge in [-0.05, 0) is 42.6 Å². The zero-order valence-electron chi connectivity index (χ0n) is 10.6. The van der Waals surface area contributed by atoms with E-state index < -0.39 is 0 Å². The van der Waals surface area contributed by atoms with Crippen LogP contribution in [0.1, 0.15) is 21.8 Å². The van der Waals surface area contributed by atoms with E-state index in [1.807, 2.05) is 12.1 Å². The highest BCUT2D eigenvalue weighted by molar-refractivity contribution is 5.91. The molecule has 4 nitrogen and oxygen atoms in total. The van der Waals surface area contributed by atoms with E-state index in [0.29, 0.717) is 12.3 Å². The van der Waals surface area contributed by atoms with Crippen molar-refractivity contribution in [2.45, 2.75) is 13.5 Å². The molecule has 2 aromatic heterocycles. The molecule has 2 N–H and O–H groups in total. The molecule has 0 atom stereocenters. The maximum atomic E-state index is 11.7. The molecular weight excluding hydrogens is 240 g/mol. The van der Waals surface area contributed by atoms with Gasteiger partial charge in [-0.2, -0.15) is 0 Å². The van der Waals surface area contributed by atoms with Gasteiger partial charge in [0.25, 0.3) is 5.91 Å². The van der Waals surface area contributed by atoms with Gasteiger partial charge in [0.2, 0.25) is 0 Å². The van der Waals surface area contributed by atoms with Crippen molar-refractivity contribution in [3.63, 3.8) is 0 Å². The molecule has 1 amide bonds. The fourth-order valence-electron chi connectivity index (χ4n) is 2.08. The Morgan fingerprint density at radius 2 is 2.21 bits per heavy atom. The van der Waals surface area contributed by atoms with Gasteiger partial charge in [0.05, 0.1) is 12.8 Å². The molecule has 4 heteroatoms. The van der Waals surface area contributed by atoms with Gasteiger partial charge in [0.1, 0.15) is 0 Å². The van der Waals surface area contributed by atoms with Crippen LogP contribution in [0.4, 0.5) is 0 Å². The number of furan rings is 1. The Morgan fingerprint density at radius 3 is 3.00 bits per heavy atom. The molecule has 0 saturated carbocycles. The highest BCUT2D eigenvalue weighted by Gasteiger charge is 2.08. The van der Waals surface area contributed by atoms with E-state index >= 15 is 0 Å². The van der Waals surface area contributed by atoms with Gasteiger partial charge in [-0.25, -0.2) is 0 Å². The summed E-state index contributed by atoms with van der Waals surface area (Å²) in [6.07, 6.45) is 1.49. The summed E-state index contributed by atoms with van der Waals surface area (Å²) >= 11 is 0. The predicted molar refractivity (Wildman–Crippen MR) is 72.9 cm³/mol. The molecule has 96 valence electrons. The van der Waals surface area contributed by atoms with Crippen molar-refractivity contribution in [1.82, 2.24) is 10.3 Å². The van der Waals surface area contributed by atoms with Crippen LogP contribution in [-0.4, -0.2) is 10.9 Å². The minimum Gasteiger partial charge on any atom is -0.459 e. The highest BCUT2D eigenvalue weighted by atomic mass is 16.3. The van der Waals surface area contributed by atoms with Crippen LogP contribution in [0.2, 0.25) is 0 Å². The molecule has 0 spiro atoms. The smallest absolute Gasteiger partial charge is 0.287 e. The summed E-state index contributed by atoms with van der Waals surface area (Å²) in [5.74, 6) is 0.117. The zero-order valence-corrected chi connectivity index (χ0v) is 10.6. The molecular formula is C15H14N2O2. The number of aromatic nitrogens is 1. The quantitative estimate of drug-likeness (QED) is 0.754. The van der Waals surface area contributed by atoms with Gasteiger partial charge in [0, 0.05) is 11.2 Å². The molecule has 0 aliphatic carbocycles. The number of carbonyl (C=O) groups excluding carboxylic acids is 1. The molecule has 0 radical (unpaired) electrons. The first kappa shape index (κ1) is 11.6. The Bertz CT molecular complexity index is 711. The van der Waals surface area contributed by atoms with Crippen LogP contribution in [0.25, 0.3) is 10.9 Å². The second-order valence-electron chi connectivity index (χ2n) is 4.55. The number of nitrogens with one attached hydrogen (secondary N) is 2. The number of fused-ring (bicyclic) bond motifs is 1. The third-order valence-electron chi connectivity index (χ3n) is 3.02. The fraction of sp³-hybridized carbons (Fsp3) is 0.133. The van der Waals surface area contributed by atoms with E-state index in [1.54, 1.807) is 12.1 Å². The number of hydrogen-bond acceptors (Lipinski definition) is 2. The van der Waals surface area contributed by atoms with Gasteiger partial charge in [0.15, 0.2) is 5.76 Å². The zero-order chi connectivity index (χ0) is 13.2. The number of H-pyrrole nitrogens is 1. The number of carbonyl (C=O) groups is 1. The summed E-state index contributed by atoms with van der Waals surface area (Å²) in [5, 5.41) is 3.97. The van der Waals surface area contributed by atoms with Crippen molar-refractivity contribution < 1.29 is 9.21 Å². The maximum Gasteiger partial charge on any atom is 0.287 e. The number of rotatable bonds is 3. The van der Waals surface area contributed by atoms with Crippen LogP contribution in [0.15, 0.2) is 47.1 Å². The first-order valence-electron chi connectivity index (χ1n) is 6.12. The number of benzene rings is 1. The van der Waals surface area contributed by atoms with Crippen LogP contribution in [0.5, 0.6) is 0 Å². The molecule has 19 heavy (non-hydrogen) atoms.